The number of carbonyl (C=O) groups is 1. The number of carbonyl (C=O) groups excluding carboxylic acids is 1. The van der Waals surface area contributed by atoms with Crippen LogP contribution in [0.3, 0.4) is 0 Å². The van der Waals surface area contributed by atoms with Gasteiger partial charge in [0.05, 0.1) is 6.10 Å². The summed E-state index contributed by atoms with van der Waals surface area (Å²) in [4.78, 5) is 17.8. The number of thiol groups is 1. The first-order valence-electron chi connectivity index (χ1n) is 10.6. The van der Waals surface area contributed by atoms with Crippen LogP contribution in [0.4, 0.5) is 0 Å². The molecule has 5 nitrogen and oxygen atoms in total. The first kappa shape index (κ1) is 39.6. The van der Waals surface area contributed by atoms with Gasteiger partial charge in [0.15, 0.2) is 0 Å². The Balaban J connectivity index is -0.00000171. The van der Waals surface area contributed by atoms with Crippen molar-refractivity contribution in [2.45, 2.75) is 37.5 Å². The van der Waals surface area contributed by atoms with Gasteiger partial charge in [0.2, 0.25) is 0 Å². The first-order valence-corrected chi connectivity index (χ1v) is 11.3. The maximum Gasteiger partial charge on any atom is 0.254 e. The molecule has 4 rings (SSSR count). The second-order valence-electron chi connectivity index (χ2n) is 8.23. The predicted octanol–water partition coefficient (Wildman–Crippen LogP) is 5.32. The van der Waals surface area contributed by atoms with E-state index in [1.165, 1.54) is 12.8 Å². The summed E-state index contributed by atoms with van der Waals surface area (Å²) in [6.07, 6.45) is 3.75. The van der Waals surface area contributed by atoms with E-state index in [0.29, 0.717) is 11.9 Å². The fraction of sp³-hybridized carbons (Fsp3) is 0.522. The van der Waals surface area contributed by atoms with Crippen molar-refractivity contribution in [2.24, 2.45) is 5.73 Å². The van der Waals surface area contributed by atoms with Crippen LogP contribution < -0.4 is 5.73 Å². The third kappa shape index (κ3) is 10.8. The SMILES string of the molecule is Cl.Cl.Cl.Cl.Cl.Cl.N[C@@H](CS)CN1CCN(C(=O)c2cccc3ccccc23)C[C@@H]1CCOC1CC1. The number of nitrogens with zero attached hydrogens (tertiary/aromatic N) is 2. The van der Waals surface area contributed by atoms with Crippen molar-refractivity contribution in [3.05, 3.63) is 48.0 Å². The smallest absolute Gasteiger partial charge is 0.254 e. The number of nitrogens with two attached hydrogens (primary N) is 1. The average molecular weight is 632 g/mol. The van der Waals surface area contributed by atoms with Crippen LogP contribution in [0.1, 0.15) is 29.6 Å². The summed E-state index contributed by atoms with van der Waals surface area (Å²) >= 11 is 4.34. The summed E-state index contributed by atoms with van der Waals surface area (Å²) in [6, 6.07) is 14.4. The van der Waals surface area contributed by atoms with Crippen molar-refractivity contribution in [2.75, 3.05) is 38.5 Å². The van der Waals surface area contributed by atoms with Crippen LogP contribution in [-0.2, 0) is 4.74 Å². The van der Waals surface area contributed by atoms with Gasteiger partial charge < -0.3 is 15.4 Å². The van der Waals surface area contributed by atoms with Gasteiger partial charge in [-0.25, -0.2) is 0 Å². The number of halogens is 6. The predicted molar refractivity (Wildman–Crippen MR) is 164 cm³/mol. The van der Waals surface area contributed by atoms with Gasteiger partial charge in [0, 0.05) is 56.2 Å². The summed E-state index contributed by atoms with van der Waals surface area (Å²) in [5, 5.41) is 2.12. The molecule has 204 valence electrons. The number of ether oxygens (including phenoxy) is 1. The van der Waals surface area contributed by atoms with E-state index in [1.807, 2.05) is 35.2 Å². The molecule has 2 atom stereocenters. The maximum atomic E-state index is 13.4. The normalized spacial score (nSPS) is 17.8. The largest absolute Gasteiger partial charge is 0.378 e. The molecule has 2 N–H and O–H groups in total. The lowest BCUT2D eigenvalue weighted by Gasteiger charge is -2.42. The minimum atomic E-state index is 0. The van der Waals surface area contributed by atoms with E-state index in [2.05, 4.69) is 29.7 Å². The third-order valence-electron chi connectivity index (χ3n) is 5.94. The second-order valence-corrected chi connectivity index (χ2v) is 8.59. The van der Waals surface area contributed by atoms with Crippen LogP contribution in [0.25, 0.3) is 10.8 Å². The molecule has 1 aliphatic carbocycles. The van der Waals surface area contributed by atoms with Crippen LogP contribution in [0.15, 0.2) is 42.5 Å². The summed E-state index contributed by atoms with van der Waals surface area (Å²) in [6.45, 7) is 3.84. The van der Waals surface area contributed by atoms with Crippen LogP contribution in [-0.4, -0.2) is 72.4 Å². The summed E-state index contributed by atoms with van der Waals surface area (Å²) in [5.74, 6) is 0.786. The van der Waals surface area contributed by atoms with E-state index in [9.17, 15) is 4.79 Å². The molecule has 1 saturated carbocycles. The van der Waals surface area contributed by atoms with Crippen molar-refractivity contribution in [3.63, 3.8) is 0 Å². The molecule has 2 aliphatic rings. The first-order chi connectivity index (χ1) is 14.2. The molecule has 1 saturated heterocycles. The molecular formula is C23H37Cl6N3O2S. The fourth-order valence-electron chi connectivity index (χ4n) is 4.14. The highest BCUT2D eigenvalue weighted by molar-refractivity contribution is 7.80. The number of hydrogen-bond acceptors (Lipinski definition) is 5. The summed E-state index contributed by atoms with van der Waals surface area (Å²) in [7, 11) is 0. The van der Waals surface area contributed by atoms with E-state index < -0.39 is 0 Å². The van der Waals surface area contributed by atoms with Crippen LogP contribution >= 0.6 is 87.1 Å². The lowest BCUT2D eigenvalue weighted by Crippen LogP contribution is -2.57. The quantitative estimate of drug-likeness (QED) is 0.387. The maximum absolute atomic E-state index is 13.4. The minimum Gasteiger partial charge on any atom is -0.378 e. The van der Waals surface area contributed by atoms with E-state index in [1.54, 1.807) is 0 Å². The van der Waals surface area contributed by atoms with Gasteiger partial charge in [-0.05, 0) is 36.1 Å². The Morgan fingerprint density at radius 2 is 1.66 bits per heavy atom. The Bertz CT molecular complexity index is 860. The third-order valence-corrected chi connectivity index (χ3v) is 6.41. The number of hydrogen-bond donors (Lipinski definition) is 2. The van der Waals surface area contributed by atoms with Gasteiger partial charge >= 0.3 is 0 Å². The van der Waals surface area contributed by atoms with E-state index in [-0.39, 0.29) is 92.4 Å². The van der Waals surface area contributed by atoms with Crippen LogP contribution in [0, 0.1) is 0 Å². The Hall–Kier alpha value is 0.140. The highest BCUT2D eigenvalue weighted by Crippen LogP contribution is 2.25. The summed E-state index contributed by atoms with van der Waals surface area (Å²) in [5.41, 5.74) is 6.96. The molecule has 0 unspecified atom stereocenters. The van der Waals surface area contributed by atoms with Crippen LogP contribution in [0.5, 0.6) is 0 Å². The molecule has 0 aromatic heterocycles. The fourth-order valence-corrected chi connectivity index (χ4v) is 4.25. The number of rotatable bonds is 8. The number of piperazine rings is 1. The molecule has 2 aromatic rings. The zero-order valence-corrected chi connectivity index (χ0v) is 25.1. The van der Waals surface area contributed by atoms with Crippen molar-refractivity contribution in [3.8, 4) is 0 Å². The van der Waals surface area contributed by atoms with Gasteiger partial charge in [0.1, 0.15) is 0 Å². The van der Waals surface area contributed by atoms with Crippen molar-refractivity contribution >= 4 is 104 Å². The molecule has 1 aliphatic heterocycles. The Labute approximate surface area is 251 Å². The molecule has 2 fully saturated rings. The van der Waals surface area contributed by atoms with Gasteiger partial charge in [-0.1, -0.05) is 36.4 Å². The number of amides is 1. The molecule has 0 bridgehead atoms. The highest BCUT2D eigenvalue weighted by Gasteiger charge is 2.31. The molecule has 2 aromatic carbocycles. The molecule has 12 heteroatoms. The Kier molecular flexibility index (Phi) is 21.8. The van der Waals surface area contributed by atoms with Crippen molar-refractivity contribution < 1.29 is 9.53 Å². The highest BCUT2D eigenvalue weighted by atomic mass is 35.5. The molecule has 0 spiro atoms. The monoisotopic (exact) mass is 629 g/mol. The Morgan fingerprint density at radius 1 is 1.00 bits per heavy atom. The average Bonchev–Trinajstić information content (AvgIpc) is 3.58. The number of benzene rings is 2. The lowest BCUT2D eigenvalue weighted by molar-refractivity contribution is 0.0316. The zero-order chi connectivity index (χ0) is 20.2. The molecule has 1 amide bonds. The van der Waals surface area contributed by atoms with Gasteiger partial charge in [-0.2, -0.15) is 12.6 Å². The Morgan fingerprint density at radius 3 is 2.31 bits per heavy atom. The van der Waals surface area contributed by atoms with E-state index in [0.717, 1.165) is 55.5 Å². The van der Waals surface area contributed by atoms with E-state index in [4.69, 9.17) is 10.5 Å². The number of fused-ring (bicyclic) bond motifs is 1. The summed E-state index contributed by atoms with van der Waals surface area (Å²) < 4.78 is 5.90. The van der Waals surface area contributed by atoms with Gasteiger partial charge in [-0.3, -0.25) is 9.69 Å². The molecule has 1 heterocycles. The van der Waals surface area contributed by atoms with Crippen molar-refractivity contribution in [1.82, 2.24) is 9.80 Å². The van der Waals surface area contributed by atoms with Crippen LogP contribution in [0.2, 0.25) is 0 Å². The lowest BCUT2D eigenvalue weighted by atomic mass is 10.0. The topological polar surface area (TPSA) is 58.8 Å². The van der Waals surface area contributed by atoms with Gasteiger partial charge in [-0.15, -0.1) is 74.4 Å². The van der Waals surface area contributed by atoms with E-state index >= 15 is 0 Å². The standard InChI is InChI=1S/C23H31N3O2S.6ClH/c24-18(16-29)14-25-11-12-26(15-19(25)10-13-28-20-8-9-20)23(27)22-7-3-5-17-4-1-2-6-21(17)22;;;;;;/h1-7,18-20,29H,8-16,24H2;6*1H/t18-,19+;;;;;;/m1....../s1. The second kappa shape index (κ2) is 19.2. The van der Waals surface area contributed by atoms with Crippen molar-refractivity contribution in [1.29, 1.82) is 0 Å². The molecular weight excluding hydrogens is 595 g/mol. The molecule has 35 heavy (non-hydrogen) atoms. The molecule has 0 radical (unpaired) electrons. The minimum absolute atomic E-state index is 0. The van der Waals surface area contributed by atoms with Gasteiger partial charge in [0.25, 0.3) is 5.91 Å². The zero-order valence-electron chi connectivity index (χ0n) is 19.3.